The van der Waals surface area contributed by atoms with E-state index in [1.807, 2.05) is 24.3 Å². The first-order valence-electron chi connectivity index (χ1n) is 10.9. The lowest BCUT2D eigenvalue weighted by molar-refractivity contribution is -0.0278. The minimum Gasteiger partial charge on any atom is -0.454 e. The molecule has 2 N–H and O–H groups in total. The number of nitrogens with zero attached hydrogens (tertiary/aromatic N) is 4. The molecule has 0 fully saturated rings. The summed E-state index contributed by atoms with van der Waals surface area (Å²) in [6.45, 7) is 7.14. The summed E-state index contributed by atoms with van der Waals surface area (Å²) in [4.78, 5) is 13.4. The molecule has 2 aromatic carbocycles. The van der Waals surface area contributed by atoms with Gasteiger partial charge in [-0.15, -0.1) is 0 Å². The smallest absolute Gasteiger partial charge is 0.268 e. The number of halogens is 1. The largest absolute Gasteiger partial charge is 0.454 e. The van der Waals surface area contributed by atoms with Crippen LogP contribution in [0.5, 0.6) is 0 Å². The highest BCUT2D eigenvalue weighted by molar-refractivity contribution is 9.10. The Morgan fingerprint density at radius 1 is 1.12 bits per heavy atom. The number of nitrogens with two attached hydrogens (primary N) is 1. The number of thioether (sulfide) groups is 1. The van der Waals surface area contributed by atoms with Gasteiger partial charge >= 0.3 is 0 Å². The van der Waals surface area contributed by atoms with Crippen LogP contribution in [-0.4, -0.2) is 19.5 Å². The van der Waals surface area contributed by atoms with Gasteiger partial charge in [-0.25, -0.2) is 15.0 Å². The zero-order chi connectivity index (χ0) is 23.8. The van der Waals surface area contributed by atoms with Gasteiger partial charge in [-0.2, -0.15) is 0 Å². The van der Waals surface area contributed by atoms with Crippen molar-refractivity contribution in [3.63, 3.8) is 0 Å². The Morgan fingerprint density at radius 2 is 1.88 bits per heavy atom. The molecule has 4 aromatic rings. The second-order valence-corrected chi connectivity index (χ2v) is 10.1. The van der Waals surface area contributed by atoms with Crippen LogP contribution in [0, 0.1) is 20.8 Å². The van der Waals surface area contributed by atoms with E-state index in [0.717, 1.165) is 21.6 Å². The third-order valence-electron chi connectivity index (χ3n) is 5.81. The van der Waals surface area contributed by atoms with Crippen LogP contribution in [0.2, 0.25) is 0 Å². The number of aromatic nitrogens is 4. The standard InChI is InChI=1S/C25H24BrN5O2S/c1-14-10-15(2)17(16(3)11-14)8-9-31-23-21(22(27)28-13-29-23)30-25(31)34-20-12-32-24(33-20)18-6-4-5-7-19(18)26/h4-7,10-13,24H,8-9H2,1-3H3,(H2,27,28,29). The molecule has 0 bridgehead atoms. The van der Waals surface area contributed by atoms with Crippen molar-refractivity contribution in [2.45, 2.75) is 45.2 Å². The van der Waals surface area contributed by atoms with Crippen LogP contribution in [0.25, 0.3) is 11.2 Å². The van der Waals surface area contributed by atoms with Crippen molar-refractivity contribution in [3.8, 4) is 0 Å². The summed E-state index contributed by atoms with van der Waals surface area (Å²) in [6, 6.07) is 12.3. The van der Waals surface area contributed by atoms with Crippen LogP contribution in [0.4, 0.5) is 5.82 Å². The number of aryl methyl sites for hydroxylation is 4. The molecule has 174 valence electrons. The molecule has 5 rings (SSSR count). The molecule has 0 saturated heterocycles. The quantitative estimate of drug-likeness (QED) is 0.323. The van der Waals surface area contributed by atoms with Gasteiger partial charge in [-0.1, -0.05) is 51.8 Å². The SMILES string of the molecule is Cc1cc(C)c(CCn2c(SC3=COC(c4ccccc4Br)O3)nc3c(N)ncnc32)c(C)c1. The monoisotopic (exact) mass is 537 g/mol. The van der Waals surface area contributed by atoms with Crippen molar-refractivity contribution in [3.05, 3.63) is 86.4 Å². The molecule has 1 unspecified atom stereocenters. The van der Waals surface area contributed by atoms with Gasteiger partial charge in [-0.3, -0.25) is 0 Å². The number of benzene rings is 2. The highest BCUT2D eigenvalue weighted by Crippen LogP contribution is 2.40. The maximum absolute atomic E-state index is 6.12. The molecule has 9 heteroatoms. The van der Waals surface area contributed by atoms with Crippen LogP contribution in [0.15, 0.2) is 63.7 Å². The Balaban J connectivity index is 1.42. The van der Waals surface area contributed by atoms with Crippen LogP contribution in [-0.2, 0) is 22.4 Å². The van der Waals surface area contributed by atoms with Crippen molar-refractivity contribution >= 4 is 44.7 Å². The Bertz CT molecular complexity index is 1390. The van der Waals surface area contributed by atoms with E-state index >= 15 is 0 Å². The van der Waals surface area contributed by atoms with E-state index in [2.05, 4.69) is 63.4 Å². The van der Waals surface area contributed by atoms with Gasteiger partial charge in [0.1, 0.15) is 12.6 Å². The van der Waals surface area contributed by atoms with Crippen LogP contribution in [0.3, 0.4) is 0 Å². The summed E-state index contributed by atoms with van der Waals surface area (Å²) in [5.41, 5.74) is 13.5. The fourth-order valence-corrected chi connectivity index (χ4v) is 5.58. The molecule has 3 heterocycles. The molecular formula is C25H24BrN5O2S. The van der Waals surface area contributed by atoms with Gasteiger partial charge in [0.25, 0.3) is 6.29 Å². The summed E-state index contributed by atoms with van der Waals surface area (Å²) in [5.74, 6) is 0.358. The topological polar surface area (TPSA) is 88.1 Å². The van der Waals surface area contributed by atoms with Crippen LogP contribution in [0.1, 0.15) is 34.1 Å². The second kappa shape index (κ2) is 9.31. The number of rotatable bonds is 6. The first-order valence-corrected chi connectivity index (χ1v) is 12.5. The molecule has 0 radical (unpaired) electrons. The number of ether oxygens (including phenoxy) is 2. The first kappa shape index (κ1) is 22.7. The Kier molecular flexibility index (Phi) is 6.22. The second-order valence-electron chi connectivity index (χ2n) is 8.25. The van der Waals surface area contributed by atoms with E-state index in [1.54, 1.807) is 6.26 Å². The van der Waals surface area contributed by atoms with Crippen LogP contribution >= 0.6 is 27.7 Å². The number of hydrogen-bond donors (Lipinski definition) is 1. The fraction of sp³-hybridized carbons (Fsp3) is 0.240. The molecule has 0 amide bonds. The van der Waals surface area contributed by atoms with Gasteiger partial charge in [0.15, 0.2) is 22.1 Å². The highest BCUT2D eigenvalue weighted by Gasteiger charge is 2.26. The molecule has 2 aromatic heterocycles. The average molecular weight is 538 g/mol. The summed E-state index contributed by atoms with van der Waals surface area (Å²) in [5, 5.41) is 1.35. The summed E-state index contributed by atoms with van der Waals surface area (Å²) in [6.07, 6.45) is 3.43. The number of anilines is 1. The van der Waals surface area contributed by atoms with Crippen LogP contribution < -0.4 is 5.73 Å². The molecule has 34 heavy (non-hydrogen) atoms. The first-order chi connectivity index (χ1) is 16.4. The zero-order valence-electron chi connectivity index (χ0n) is 19.1. The van der Waals surface area contributed by atoms with E-state index < -0.39 is 6.29 Å². The predicted octanol–water partition coefficient (Wildman–Crippen LogP) is 5.98. The lowest BCUT2D eigenvalue weighted by Crippen LogP contribution is -2.07. The Labute approximate surface area is 210 Å². The van der Waals surface area contributed by atoms with Gasteiger partial charge < -0.3 is 19.8 Å². The van der Waals surface area contributed by atoms with E-state index in [4.69, 9.17) is 20.2 Å². The van der Waals surface area contributed by atoms with Crippen molar-refractivity contribution in [2.75, 3.05) is 5.73 Å². The number of fused-ring (bicyclic) bond motifs is 1. The number of imidazole rings is 1. The summed E-state index contributed by atoms with van der Waals surface area (Å²) in [7, 11) is 0. The van der Waals surface area contributed by atoms with E-state index in [0.29, 0.717) is 28.6 Å². The van der Waals surface area contributed by atoms with Crippen molar-refractivity contribution < 1.29 is 9.47 Å². The highest BCUT2D eigenvalue weighted by atomic mass is 79.9. The number of hydrogen-bond acceptors (Lipinski definition) is 7. The van der Waals surface area contributed by atoms with Gasteiger partial charge in [-0.05, 0) is 61.7 Å². The normalized spacial score (nSPS) is 15.3. The lowest BCUT2D eigenvalue weighted by atomic mass is 9.97. The Morgan fingerprint density at radius 3 is 2.65 bits per heavy atom. The summed E-state index contributed by atoms with van der Waals surface area (Å²) >= 11 is 4.95. The molecular weight excluding hydrogens is 514 g/mol. The molecule has 0 saturated carbocycles. The zero-order valence-corrected chi connectivity index (χ0v) is 21.5. The van der Waals surface area contributed by atoms with Crippen molar-refractivity contribution in [1.29, 1.82) is 0 Å². The van der Waals surface area contributed by atoms with Gasteiger partial charge in [0.2, 0.25) is 5.09 Å². The Hall–Kier alpha value is -3.04. The minimum absolute atomic E-state index is 0.358. The molecule has 7 nitrogen and oxygen atoms in total. The molecule has 0 aliphatic carbocycles. The van der Waals surface area contributed by atoms with Gasteiger partial charge in [0, 0.05) is 16.6 Å². The lowest BCUT2D eigenvalue weighted by Gasteiger charge is -2.14. The molecule has 1 aliphatic rings. The van der Waals surface area contributed by atoms with Crippen molar-refractivity contribution in [1.82, 2.24) is 19.5 Å². The minimum atomic E-state index is -0.515. The molecule has 1 atom stereocenters. The maximum atomic E-state index is 6.12. The third kappa shape index (κ3) is 4.37. The van der Waals surface area contributed by atoms with Gasteiger partial charge in [0.05, 0.1) is 0 Å². The maximum Gasteiger partial charge on any atom is 0.268 e. The predicted molar refractivity (Wildman–Crippen MR) is 137 cm³/mol. The van der Waals surface area contributed by atoms with E-state index in [1.165, 1.54) is 40.3 Å². The van der Waals surface area contributed by atoms with E-state index in [9.17, 15) is 0 Å². The summed E-state index contributed by atoms with van der Waals surface area (Å²) < 4.78 is 14.9. The molecule has 1 aliphatic heterocycles. The van der Waals surface area contributed by atoms with E-state index in [-0.39, 0.29) is 0 Å². The molecule has 0 spiro atoms. The van der Waals surface area contributed by atoms with Crippen molar-refractivity contribution in [2.24, 2.45) is 0 Å². The average Bonchev–Trinajstić information content (AvgIpc) is 3.39. The number of nitrogen functional groups attached to an aromatic ring is 1. The third-order valence-corrected chi connectivity index (χ3v) is 7.42. The fourth-order valence-electron chi connectivity index (χ4n) is 4.26.